The smallest absolute Gasteiger partial charge is 0.250 e. The molecule has 0 aliphatic carbocycles. The fourth-order valence-corrected chi connectivity index (χ4v) is 3.44. The van der Waals surface area contributed by atoms with Gasteiger partial charge < -0.3 is 15.0 Å². The second kappa shape index (κ2) is 9.69. The molecule has 1 aliphatic heterocycles. The molecule has 1 aliphatic rings. The molecule has 2 heterocycles. The Morgan fingerprint density at radius 1 is 0.963 bits per heavy atom. The molecule has 1 saturated heterocycles. The van der Waals surface area contributed by atoms with Gasteiger partial charge in [0.25, 0.3) is 5.56 Å². The highest BCUT2D eigenvalue weighted by Crippen LogP contribution is 2.11. The average molecular weight is 370 g/mol. The molecule has 27 heavy (non-hydrogen) atoms. The molecule has 1 aromatic carbocycles. The Hall–Kier alpha value is -2.15. The maximum absolute atomic E-state index is 11.9. The van der Waals surface area contributed by atoms with Crippen molar-refractivity contribution in [3.05, 3.63) is 64.1 Å². The number of rotatable bonds is 8. The number of nitrogens with zero attached hydrogens (tertiary/aromatic N) is 3. The minimum Gasteiger partial charge on any atom is -0.395 e. The van der Waals surface area contributed by atoms with Crippen LogP contribution in [-0.2, 0) is 6.54 Å². The van der Waals surface area contributed by atoms with Crippen molar-refractivity contribution in [1.82, 2.24) is 14.4 Å². The van der Waals surface area contributed by atoms with Crippen LogP contribution < -0.4 is 10.9 Å². The summed E-state index contributed by atoms with van der Waals surface area (Å²) in [7, 11) is 0. The first-order valence-corrected chi connectivity index (χ1v) is 9.69. The van der Waals surface area contributed by atoms with Crippen LogP contribution in [0.25, 0.3) is 0 Å². The lowest BCUT2D eigenvalue weighted by molar-refractivity contribution is 0.115. The van der Waals surface area contributed by atoms with Crippen LogP contribution in [0.4, 0.5) is 5.69 Å². The SMILES string of the molecule is Cc1ccc(=O)n(Cc2ccc(NCCN3CCN(CCO)CC3)cc2)c1. The van der Waals surface area contributed by atoms with Gasteiger partial charge in [-0.2, -0.15) is 0 Å². The van der Waals surface area contributed by atoms with E-state index in [0.717, 1.165) is 62.6 Å². The minimum absolute atomic E-state index is 0.0295. The zero-order valence-corrected chi connectivity index (χ0v) is 16.1. The van der Waals surface area contributed by atoms with E-state index >= 15 is 0 Å². The number of pyridine rings is 1. The standard InChI is InChI=1S/C21H30N4O2/c1-18-2-7-21(27)25(16-18)17-19-3-5-20(6-4-19)22-8-9-23-10-12-24(13-11-23)14-15-26/h2-7,16,22,26H,8-15,17H2,1H3. The number of nitrogens with one attached hydrogen (secondary N) is 1. The Morgan fingerprint density at radius 3 is 2.30 bits per heavy atom. The van der Waals surface area contributed by atoms with Crippen molar-refractivity contribution in [2.75, 3.05) is 57.7 Å². The number of aromatic nitrogens is 1. The maximum Gasteiger partial charge on any atom is 0.250 e. The molecule has 2 aromatic rings. The Balaban J connectivity index is 1.43. The molecule has 1 aromatic heterocycles. The summed E-state index contributed by atoms with van der Waals surface area (Å²) in [6.07, 6.45) is 1.90. The van der Waals surface area contributed by atoms with Gasteiger partial charge in [-0.1, -0.05) is 18.2 Å². The van der Waals surface area contributed by atoms with Gasteiger partial charge in [0.2, 0.25) is 0 Å². The van der Waals surface area contributed by atoms with E-state index in [1.165, 1.54) is 0 Å². The number of anilines is 1. The summed E-state index contributed by atoms with van der Waals surface area (Å²) in [5.41, 5.74) is 3.34. The number of aliphatic hydroxyl groups excluding tert-OH is 1. The van der Waals surface area contributed by atoms with Crippen molar-refractivity contribution in [3.63, 3.8) is 0 Å². The minimum atomic E-state index is 0.0295. The van der Waals surface area contributed by atoms with Crippen LogP contribution in [0.3, 0.4) is 0 Å². The molecule has 0 bridgehead atoms. The van der Waals surface area contributed by atoms with E-state index in [0.29, 0.717) is 6.54 Å². The maximum atomic E-state index is 11.9. The van der Waals surface area contributed by atoms with Crippen LogP contribution in [0.15, 0.2) is 47.4 Å². The van der Waals surface area contributed by atoms with E-state index in [9.17, 15) is 4.79 Å². The summed E-state index contributed by atoms with van der Waals surface area (Å²) >= 11 is 0. The van der Waals surface area contributed by atoms with E-state index in [-0.39, 0.29) is 12.2 Å². The van der Waals surface area contributed by atoms with Gasteiger partial charge >= 0.3 is 0 Å². The van der Waals surface area contributed by atoms with Gasteiger partial charge in [-0.25, -0.2) is 0 Å². The third-order valence-corrected chi connectivity index (χ3v) is 5.08. The predicted octanol–water partition coefficient (Wildman–Crippen LogP) is 1.23. The molecule has 1 fully saturated rings. The normalized spacial score (nSPS) is 15.8. The van der Waals surface area contributed by atoms with Crippen molar-refractivity contribution >= 4 is 5.69 Å². The Bertz CT molecular complexity index is 764. The molecule has 0 unspecified atom stereocenters. The highest BCUT2D eigenvalue weighted by molar-refractivity contribution is 5.44. The average Bonchev–Trinajstić information content (AvgIpc) is 2.68. The molecular formula is C21H30N4O2. The van der Waals surface area contributed by atoms with Crippen LogP contribution in [0.2, 0.25) is 0 Å². The Kier molecular flexibility index (Phi) is 7.04. The van der Waals surface area contributed by atoms with Crippen LogP contribution in [0, 0.1) is 6.92 Å². The van der Waals surface area contributed by atoms with E-state index in [4.69, 9.17) is 5.11 Å². The summed E-state index contributed by atoms with van der Waals surface area (Å²) in [6.45, 7) is 9.75. The van der Waals surface area contributed by atoms with Crippen molar-refractivity contribution in [1.29, 1.82) is 0 Å². The lowest BCUT2D eigenvalue weighted by atomic mass is 10.2. The topological polar surface area (TPSA) is 60.7 Å². The van der Waals surface area contributed by atoms with Gasteiger partial charge in [-0.3, -0.25) is 14.6 Å². The third kappa shape index (κ3) is 5.92. The number of aryl methyl sites for hydroxylation is 1. The van der Waals surface area contributed by atoms with Crippen molar-refractivity contribution < 1.29 is 5.11 Å². The first-order valence-electron chi connectivity index (χ1n) is 9.69. The highest BCUT2D eigenvalue weighted by Gasteiger charge is 2.15. The van der Waals surface area contributed by atoms with Crippen molar-refractivity contribution in [2.24, 2.45) is 0 Å². The highest BCUT2D eigenvalue weighted by atomic mass is 16.3. The summed E-state index contributed by atoms with van der Waals surface area (Å²) in [4.78, 5) is 16.7. The number of hydrogen-bond acceptors (Lipinski definition) is 5. The van der Waals surface area contributed by atoms with Crippen molar-refractivity contribution in [2.45, 2.75) is 13.5 Å². The van der Waals surface area contributed by atoms with Crippen LogP contribution in [-0.4, -0.2) is 71.9 Å². The first kappa shape index (κ1) is 19.6. The predicted molar refractivity (Wildman–Crippen MR) is 109 cm³/mol. The molecule has 0 saturated carbocycles. The van der Waals surface area contributed by atoms with Crippen LogP contribution >= 0.6 is 0 Å². The number of β-amino-alcohol motifs (C(OH)–C–C–N with tert-alkyl or cyclic N) is 1. The van der Waals surface area contributed by atoms with Gasteiger partial charge in [-0.15, -0.1) is 0 Å². The molecular weight excluding hydrogens is 340 g/mol. The summed E-state index contributed by atoms with van der Waals surface area (Å²) in [5.74, 6) is 0. The monoisotopic (exact) mass is 370 g/mol. The van der Waals surface area contributed by atoms with Gasteiger partial charge in [0.1, 0.15) is 0 Å². The summed E-state index contributed by atoms with van der Waals surface area (Å²) in [6, 6.07) is 11.8. The molecule has 0 spiro atoms. The van der Waals surface area contributed by atoms with Gasteiger partial charge in [0, 0.05) is 63.8 Å². The number of piperazine rings is 1. The first-order chi connectivity index (χ1) is 13.1. The molecule has 0 radical (unpaired) electrons. The van der Waals surface area contributed by atoms with Gasteiger partial charge in [0.05, 0.1) is 13.2 Å². The van der Waals surface area contributed by atoms with Crippen molar-refractivity contribution in [3.8, 4) is 0 Å². The largest absolute Gasteiger partial charge is 0.395 e. The van der Waals surface area contributed by atoms with E-state index in [1.807, 2.05) is 19.2 Å². The second-order valence-electron chi connectivity index (χ2n) is 7.20. The number of benzene rings is 1. The fourth-order valence-electron chi connectivity index (χ4n) is 3.44. The lowest BCUT2D eigenvalue weighted by Gasteiger charge is -2.34. The van der Waals surface area contributed by atoms with E-state index < -0.39 is 0 Å². The molecule has 2 N–H and O–H groups in total. The van der Waals surface area contributed by atoms with Crippen LogP contribution in [0.1, 0.15) is 11.1 Å². The second-order valence-corrected chi connectivity index (χ2v) is 7.20. The molecule has 6 nitrogen and oxygen atoms in total. The molecule has 0 amide bonds. The summed E-state index contributed by atoms with van der Waals surface area (Å²) < 4.78 is 1.74. The number of hydrogen-bond donors (Lipinski definition) is 2. The Morgan fingerprint density at radius 2 is 1.63 bits per heavy atom. The Labute approximate surface area is 161 Å². The molecule has 0 atom stereocenters. The van der Waals surface area contributed by atoms with Gasteiger partial charge in [0.15, 0.2) is 0 Å². The zero-order valence-electron chi connectivity index (χ0n) is 16.1. The zero-order chi connectivity index (χ0) is 19.1. The quantitative estimate of drug-likeness (QED) is 0.732. The summed E-state index contributed by atoms with van der Waals surface area (Å²) in [5, 5.41) is 12.5. The van der Waals surface area contributed by atoms with E-state index in [2.05, 4.69) is 39.4 Å². The molecule has 6 heteroatoms. The molecule has 3 rings (SSSR count). The third-order valence-electron chi connectivity index (χ3n) is 5.08. The van der Waals surface area contributed by atoms with Crippen LogP contribution in [0.5, 0.6) is 0 Å². The molecule has 146 valence electrons. The number of aliphatic hydroxyl groups is 1. The fraction of sp³-hybridized carbons (Fsp3) is 0.476. The van der Waals surface area contributed by atoms with E-state index in [1.54, 1.807) is 10.6 Å². The lowest BCUT2D eigenvalue weighted by Crippen LogP contribution is -2.48. The van der Waals surface area contributed by atoms with Gasteiger partial charge in [-0.05, 0) is 30.2 Å².